The van der Waals surface area contributed by atoms with Gasteiger partial charge in [0.05, 0.1) is 12.1 Å². The number of aryl methyl sites for hydroxylation is 2. The van der Waals surface area contributed by atoms with Crippen LogP contribution >= 0.6 is 35.2 Å². The second kappa shape index (κ2) is 11.3. The number of hydrazine groups is 1. The van der Waals surface area contributed by atoms with Crippen molar-refractivity contribution in [3.8, 4) is 5.75 Å². The van der Waals surface area contributed by atoms with Crippen molar-refractivity contribution < 1.29 is 19.1 Å². The Bertz CT molecular complexity index is 1280. The lowest BCUT2D eigenvalue weighted by molar-refractivity contribution is -0.124. The molecule has 3 aromatic rings. The van der Waals surface area contributed by atoms with E-state index in [1.165, 1.54) is 11.3 Å². The average molecular weight is 519 g/mol. The van der Waals surface area contributed by atoms with Crippen LogP contribution in [0, 0.1) is 13.8 Å². The minimum atomic E-state index is -0.509. The van der Waals surface area contributed by atoms with Crippen molar-refractivity contribution in [3.05, 3.63) is 57.4 Å². The summed E-state index contributed by atoms with van der Waals surface area (Å²) in [6.07, 6.45) is -0.0783. The summed E-state index contributed by atoms with van der Waals surface area (Å²) in [5, 5.41) is 6.18. The molecule has 11 heteroatoms. The van der Waals surface area contributed by atoms with Gasteiger partial charge in [0, 0.05) is 28.6 Å². The Balaban J connectivity index is 1.45. The zero-order valence-corrected chi connectivity index (χ0v) is 21.1. The number of hydrogen-bond acceptors (Lipinski definition) is 6. The molecule has 0 aliphatic carbocycles. The van der Waals surface area contributed by atoms with Crippen molar-refractivity contribution in [3.63, 3.8) is 0 Å². The maximum Gasteiger partial charge on any atom is 0.269 e. The molecule has 8 nitrogen and oxygen atoms in total. The van der Waals surface area contributed by atoms with Crippen LogP contribution < -0.4 is 26.2 Å². The second-order valence-corrected chi connectivity index (χ2v) is 9.27. The number of carbonyl (C=O) groups excluding carboxylic acids is 3. The topological polar surface area (TPSA) is 109 Å². The van der Waals surface area contributed by atoms with Crippen molar-refractivity contribution in [1.29, 1.82) is 0 Å². The van der Waals surface area contributed by atoms with E-state index in [-0.39, 0.29) is 28.7 Å². The number of hydrogen-bond donors (Lipinski definition) is 4. The van der Waals surface area contributed by atoms with Crippen LogP contribution in [0.4, 0.5) is 5.69 Å². The minimum absolute atomic E-state index is 0.0131. The summed E-state index contributed by atoms with van der Waals surface area (Å²) in [6, 6.07) is 11.0. The van der Waals surface area contributed by atoms with Crippen molar-refractivity contribution in [2.75, 3.05) is 12.4 Å². The quantitative estimate of drug-likeness (QED) is 0.287. The fourth-order valence-corrected chi connectivity index (χ4v) is 4.68. The lowest BCUT2D eigenvalue weighted by Gasteiger charge is -2.11. The molecule has 3 amide bonds. The lowest BCUT2D eigenvalue weighted by atomic mass is 10.1. The molecule has 3 rings (SSSR count). The smallest absolute Gasteiger partial charge is 0.269 e. The SMILES string of the molecule is COc1ccc2c(Cl)c(C(=O)NC(=S)NNC(=O)CCC(=O)Nc3ccc(C)cc3C)sc2c1. The number of carbonyl (C=O) groups is 3. The normalized spacial score (nSPS) is 10.5. The third-order valence-corrected chi connectivity index (χ3v) is 6.68. The van der Waals surface area contributed by atoms with Crippen LogP contribution in [-0.4, -0.2) is 29.9 Å². The first kappa shape index (κ1) is 25.4. The van der Waals surface area contributed by atoms with Crippen LogP contribution in [0.5, 0.6) is 5.75 Å². The van der Waals surface area contributed by atoms with E-state index in [2.05, 4.69) is 21.5 Å². The Hall–Kier alpha value is -3.21. The fraction of sp³-hybridized carbons (Fsp3) is 0.217. The first-order valence-corrected chi connectivity index (χ1v) is 11.8. The Morgan fingerprint density at radius 3 is 2.47 bits per heavy atom. The molecule has 0 unspecified atom stereocenters. The molecular formula is C23H23ClN4O4S2. The Labute approximate surface area is 211 Å². The second-order valence-electron chi connectivity index (χ2n) is 7.43. The predicted octanol–water partition coefficient (Wildman–Crippen LogP) is 4.23. The lowest BCUT2D eigenvalue weighted by Crippen LogP contribution is -2.48. The highest BCUT2D eigenvalue weighted by Crippen LogP contribution is 2.37. The van der Waals surface area contributed by atoms with Gasteiger partial charge in [-0.05, 0) is 55.9 Å². The molecule has 1 aromatic heterocycles. The molecule has 0 bridgehead atoms. The van der Waals surface area contributed by atoms with Crippen LogP contribution in [0.1, 0.15) is 33.6 Å². The Morgan fingerprint density at radius 1 is 1.03 bits per heavy atom. The van der Waals surface area contributed by atoms with Gasteiger partial charge in [-0.25, -0.2) is 0 Å². The maximum atomic E-state index is 12.6. The highest BCUT2D eigenvalue weighted by atomic mass is 35.5. The van der Waals surface area contributed by atoms with Crippen LogP contribution in [0.25, 0.3) is 10.1 Å². The van der Waals surface area contributed by atoms with E-state index in [1.807, 2.05) is 32.0 Å². The van der Waals surface area contributed by atoms with Crippen LogP contribution in [0.3, 0.4) is 0 Å². The van der Waals surface area contributed by atoms with E-state index in [9.17, 15) is 14.4 Å². The van der Waals surface area contributed by atoms with E-state index in [0.29, 0.717) is 16.5 Å². The number of thiocarbonyl (C=S) groups is 1. The largest absolute Gasteiger partial charge is 0.497 e. The minimum Gasteiger partial charge on any atom is -0.497 e. The van der Waals surface area contributed by atoms with Gasteiger partial charge in [0.15, 0.2) is 5.11 Å². The molecule has 0 saturated heterocycles. The summed E-state index contributed by atoms with van der Waals surface area (Å²) in [6.45, 7) is 3.87. The summed E-state index contributed by atoms with van der Waals surface area (Å²) < 4.78 is 5.98. The Morgan fingerprint density at radius 2 is 1.76 bits per heavy atom. The standard InChI is InChI=1S/C23H23ClN4O4S2/c1-12-4-7-16(13(2)10-12)25-18(29)8-9-19(30)27-28-23(33)26-22(31)21-20(24)15-6-5-14(32-3)11-17(15)34-21/h4-7,10-11H,8-9H2,1-3H3,(H,25,29)(H,27,30)(H2,26,28,31,33). The van der Waals surface area contributed by atoms with E-state index < -0.39 is 11.8 Å². The third-order valence-electron chi connectivity index (χ3n) is 4.82. The maximum absolute atomic E-state index is 12.6. The number of anilines is 1. The van der Waals surface area contributed by atoms with E-state index in [4.69, 9.17) is 28.6 Å². The molecule has 0 spiro atoms. The predicted molar refractivity (Wildman–Crippen MR) is 139 cm³/mol. The molecule has 4 N–H and O–H groups in total. The highest BCUT2D eigenvalue weighted by Gasteiger charge is 2.19. The van der Waals surface area contributed by atoms with Gasteiger partial charge in [0.25, 0.3) is 5.91 Å². The molecule has 1 heterocycles. The fourth-order valence-electron chi connectivity index (χ4n) is 3.09. The molecule has 0 fully saturated rings. The number of ether oxygens (including phenoxy) is 1. The number of rotatable bonds is 6. The first-order chi connectivity index (χ1) is 16.2. The van der Waals surface area contributed by atoms with E-state index in [0.717, 1.165) is 21.2 Å². The van der Waals surface area contributed by atoms with Gasteiger partial charge < -0.3 is 10.1 Å². The van der Waals surface area contributed by atoms with Crippen LogP contribution in [-0.2, 0) is 9.59 Å². The van der Waals surface area contributed by atoms with Crippen molar-refractivity contribution in [1.82, 2.24) is 16.2 Å². The number of thiophene rings is 1. The molecule has 178 valence electrons. The molecule has 0 saturated carbocycles. The number of amides is 3. The molecule has 2 aromatic carbocycles. The van der Waals surface area contributed by atoms with Crippen molar-refractivity contribution in [2.45, 2.75) is 26.7 Å². The number of nitrogens with one attached hydrogen (secondary N) is 4. The van der Waals surface area contributed by atoms with Gasteiger partial charge in [-0.1, -0.05) is 29.3 Å². The summed E-state index contributed by atoms with van der Waals surface area (Å²) >= 11 is 12.6. The van der Waals surface area contributed by atoms with Crippen molar-refractivity contribution in [2.24, 2.45) is 0 Å². The molecule has 34 heavy (non-hydrogen) atoms. The summed E-state index contributed by atoms with van der Waals surface area (Å²) in [5.41, 5.74) is 7.56. The van der Waals surface area contributed by atoms with Gasteiger partial charge in [0.2, 0.25) is 11.8 Å². The number of fused-ring (bicyclic) bond motifs is 1. The number of methoxy groups -OCH3 is 1. The monoisotopic (exact) mass is 518 g/mol. The van der Waals surface area contributed by atoms with Gasteiger partial charge >= 0.3 is 0 Å². The first-order valence-electron chi connectivity index (χ1n) is 10.2. The zero-order chi connectivity index (χ0) is 24.8. The molecule has 0 atom stereocenters. The van der Waals surface area contributed by atoms with Gasteiger partial charge in [-0.3, -0.25) is 30.6 Å². The molecular weight excluding hydrogens is 496 g/mol. The Kier molecular flexibility index (Phi) is 8.43. The molecule has 0 radical (unpaired) electrons. The van der Waals surface area contributed by atoms with Gasteiger partial charge in [0.1, 0.15) is 10.6 Å². The average Bonchev–Trinajstić information content (AvgIpc) is 3.14. The van der Waals surface area contributed by atoms with Crippen molar-refractivity contribution >= 4 is 73.8 Å². The molecule has 0 aliphatic heterocycles. The highest BCUT2D eigenvalue weighted by molar-refractivity contribution is 7.80. The van der Waals surface area contributed by atoms with E-state index >= 15 is 0 Å². The van der Waals surface area contributed by atoms with Gasteiger partial charge in [-0.15, -0.1) is 11.3 Å². The van der Waals surface area contributed by atoms with Crippen LogP contribution in [0.15, 0.2) is 36.4 Å². The summed E-state index contributed by atoms with van der Waals surface area (Å²) in [4.78, 5) is 37.0. The number of benzene rings is 2. The third kappa shape index (κ3) is 6.43. The summed E-state index contributed by atoms with van der Waals surface area (Å²) in [5.74, 6) is -0.599. The molecule has 0 aliphatic rings. The number of halogens is 1. The summed E-state index contributed by atoms with van der Waals surface area (Å²) in [7, 11) is 1.56. The van der Waals surface area contributed by atoms with E-state index in [1.54, 1.807) is 25.3 Å². The zero-order valence-electron chi connectivity index (χ0n) is 18.7. The van der Waals surface area contributed by atoms with Gasteiger partial charge in [-0.2, -0.15) is 0 Å². The van der Waals surface area contributed by atoms with Crippen LogP contribution in [0.2, 0.25) is 5.02 Å².